The van der Waals surface area contributed by atoms with Crippen LogP contribution in [0, 0.1) is 17.2 Å². The van der Waals surface area contributed by atoms with Crippen LogP contribution >= 0.6 is 0 Å². The molecule has 2 aromatic rings. The third-order valence-electron chi connectivity index (χ3n) is 8.37. The van der Waals surface area contributed by atoms with Gasteiger partial charge in [0.2, 0.25) is 0 Å². The van der Waals surface area contributed by atoms with Crippen molar-refractivity contribution >= 4 is 17.6 Å². The number of carbonyl (C=O) groups is 1. The van der Waals surface area contributed by atoms with Crippen LogP contribution in [0.1, 0.15) is 69.9 Å². The van der Waals surface area contributed by atoms with Gasteiger partial charge in [-0.2, -0.15) is 5.10 Å². The average Bonchev–Trinajstić information content (AvgIpc) is 3.39. The first-order valence-corrected chi connectivity index (χ1v) is 14.3. The molecular formula is C30H43F2N7O. The van der Waals surface area contributed by atoms with Gasteiger partial charge < -0.3 is 20.9 Å². The third kappa shape index (κ3) is 6.64. The second kappa shape index (κ2) is 12.8. The predicted molar refractivity (Wildman–Crippen MR) is 156 cm³/mol. The first-order valence-electron chi connectivity index (χ1n) is 14.3. The Kier molecular flexibility index (Phi) is 9.48. The largest absolute Gasteiger partial charge is 0.402 e. The van der Waals surface area contributed by atoms with E-state index in [2.05, 4.69) is 24.3 Å². The Hall–Kier alpha value is -3.43. The third-order valence-corrected chi connectivity index (χ3v) is 8.37. The lowest BCUT2D eigenvalue weighted by Gasteiger charge is -2.36. The summed E-state index contributed by atoms with van der Waals surface area (Å²) in [5.41, 5.74) is 9.84. The minimum Gasteiger partial charge on any atom is -0.402 e. The van der Waals surface area contributed by atoms with Crippen LogP contribution < -0.4 is 16.0 Å². The maximum atomic E-state index is 14.0. The number of urea groups is 1. The molecule has 0 bridgehead atoms. The zero-order valence-corrected chi connectivity index (χ0v) is 24.1. The van der Waals surface area contributed by atoms with E-state index in [0.29, 0.717) is 47.6 Å². The fourth-order valence-electron chi connectivity index (χ4n) is 5.80. The number of carbonyl (C=O) groups excluding carboxylic acids is 1. The van der Waals surface area contributed by atoms with Gasteiger partial charge in [0.05, 0.1) is 12.7 Å². The van der Waals surface area contributed by atoms with Gasteiger partial charge in [-0.05, 0) is 47.9 Å². The van der Waals surface area contributed by atoms with Crippen molar-refractivity contribution in [2.24, 2.45) is 24.6 Å². The van der Waals surface area contributed by atoms with Crippen molar-refractivity contribution in [2.75, 3.05) is 31.6 Å². The number of nitrogens with zero attached hydrogens (tertiary/aromatic N) is 4. The first kappa shape index (κ1) is 29.6. The van der Waals surface area contributed by atoms with Crippen molar-refractivity contribution in [3.8, 4) is 11.1 Å². The van der Waals surface area contributed by atoms with Crippen LogP contribution in [0.2, 0.25) is 0 Å². The maximum Gasteiger partial charge on any atom is 0.317 e. The van der Waals surface area contributed by atoms with E-state index >= 15 is 0 Å². The summed E-state index contributed by atoms with van der Waals surface area (Å²) in [6, 6.07) is 3.05. The van der Waals surface area contributed by atoms with Gasteiger partial charge in [0.15, 0.2) is 0 Å². The normalized spacial score (nSPS) is 21.1. The van der Waals surface area contributed by atoms with Gasteiger partial charge in [-0.1, -0.05) is 39.5 Å². The molecule has 0 saturated heterocycles. The standard InChI is InChI=1S/C22H27F2N7O.C8H16/c1-27-22(32)30-7-5-18(25)17(12-30)21(26)31-6-3-4-13-8-15(14-10-28-29(2)11-14)16(20(23)24)9-19(13)31;1-7-3-5-8(2)6-4-7/h8-11,20,26H,3-7,12,25H2,1-2H3,(H,27,32);7-8H,3-6H2,1-2H3. The number of aryl methyl sites for hydroxylation is 2. The molecule has 40 heavy (non-hydrogen) atoms. The highest BCUT2D eigenvalue weighted by Crippen LogP contribution is 2.39. The lowest BCUT2D eigenvalue weighted by atomic mass is 9.84. The molecule has 2 amide bonds. The number of nitrogens with one attached hydrogen (secondary N) is 2. The van der Waals surface area contributed by atoms with Gasteiger partial charge in [-0.25, -0.2) is 13.6 Å². The molecular weight excluding hydrogens is 512 g/mol. The summed E-state index contributed by atoms with van der Waals surface area (Å²) in [7, 11) is 3.30. The summed E-state index contributed by atoms with van der Waals surface area (Å²) in [6.07, 6.45) is 8.50. The number of halogens is 2. The first-order chi connectivity index (χ1) is 19.1. The molecule has 1 fully saturated rings. The van der Waals surface area contributed by atoms with E-state index in [4.69, 9.17) is 11.1 Å². The van der Waals surface area contributed by atoms with Crippen LogP contribution in [0.3, 0.4) is 0 Å². The van der Waals surface area contributed by atoms with Gasteiger partial charge in [-0.15, -0.1) is 0 Å². The zero-order valence-electron chi connectivity index (χ0n) is 24.1. The number of rotatable bonds is 3. The van der Waals surface area contributed by atoms with E-state index in [-0.39, 0.29) is 24.0 Å². The summed E-state index contributed by atoms with van der Waals surface area (Å²) >= 11 is 0. The fraction of sp³-hybridized carbons (Fsp3) is 0.567. The predicted octanol–water partition coefficient (Wildman–Crippen LogP) is 5.85. The molecule has 0 unspecified atom stereocenters. The van der Waals surface area contributed by atoms with E-state index < -0.39 is 6.43 Å². The molecule has 8 nitrogen and oxygen atoms in total. The van der Waals surface area contributed by atoms with Gasteiger partial charge in [0.25, 0.3) is 6.43 Å². The quantitative estimate of drug-likeness (QED) is 0.327. The number of aromatic nitrogens is 2. The second-order valence-electron chi connectivity index (χ2n) is 11.5. The number of amides is 2. The van der Waals surface area contributed by atoms with Crippen molar-refractivity contribution < 1.29 is 13.6 Å². The number of hydrogen-bond acceptors (Lipinski definition) is 4. The number of hydrogen-bond donors (Lipinski definition) is 3. The molecule has 0 radical (unpaired) electrons. The Morgan fingerprint density at radius 1 is 1.12 bits per heavy atom. The molecule has 3 heterocycles. The SMILES string of the molecule is CC1CCC(C)CC1.CNC(=O)N1CCC(N)=C(C(=N)N2CCCc3cc(-c4cnn(C)c4)c(C(F)F)cc32)C1. The summed E-state index contributed by atoms with van der Waals surface area (Å²) in [4.78, 5) is 15.4. The Morgan fingerprint density at radius 2 is 1.80 bits per heavy atom. The molecule has 10 heteroatoms. The molecule has 1 aliphatic carbocycles. The van der Waals surface area contributed by atoms with E-state index in [1.807, 2.05) is 0 Å². The molecule has 2 aliphatic heterocycles. The topological polar surface area (TPSA) is 103 Å². The van der Waals surface area contributed by atoms with Gasteiger partial charge in [0.1, 0.15) is 5.84 Å². The number of fused-ring (bicyclic) bond motifs is 1. The van der Waals surface area contributed by atoms with Crippen LogP contribution in [-0.2, 0) is 13.5 Å². The second-order valence-corrected chi connectivity index (χ2v) is 11.5. The van der Waals surface area contributed by atoms with Gasteiger partial charge >= 0.3 is 6.03 Å². The van der Waals surface area contributed by atoms with Crippen molar-refractivity contribution in [1.82, 2.24) is 20.0 Å². The van der Waals surface area contributed by atoms with Gasteiger partial charge in [-0.3, -0.25) is 10.1 Å². The monoisotopic (exact) mass is 555 g/mol. The van der Waals surface area contributed by atoms with E-state index in [1.54, 1.807) is 47.0 Å². The Morgan fingerprint density at radius 3 is 2.38 bits per heavy atom. The molecule has 3 aliphatic rings. The highest BCUT2D eigenvalue weighted by Gasteiger charge is 2.30. The highest BCUT2D eigenvalue weighted by atomic mass is 19.3. The smallest absolute Gasteiger partial charge is 0.317 e. The summed E-state index contributed by atoms with van der Waals surface area (Å²) < 4.78 is 29.7. The summed E-state index contributed by atoms with van der Waals surface area (Å²) in [5.74, 6) is 2.20. The molecule has 1 aromatic heterocycles. The zero-order chi connectivity index (χ0) is 29.0. The summed E-state index contributed by atoms with van der Waals surface area (Å²) in [6.45, 7) is 5.95. The van der Waals surface area contributed by atoms with Crippen LogP contribution in [-0.4, -0.2) is 53.2 Å². The number of benzene rings is 1. The minimum absolute atomic E-state index is 0.0889. The van der Waals surface area contributed by atoms with Crippen LogP contribution in [0.5, 0.6) is 0 Å². The molecule has 0 atom stereocenters. The fourth-order valence-corrected chi connectivity index (χ4v) is 5.80. The lowest BCUT2D eigenvalue weighted by molar-refractivity contribution is 0.152. The van der Waals surface area contributed by atoms with Crippen LogP contribution in [0.15, 0.2) is 35.8 Å². The molecule has 5 rings (SSSR count). The number of amidine groups is 1. The van der Waals surface area contributed by atoms with Crippen LogP contribution in [0.25, 0.3) is 11.1 Å². The van der Waals surface area contributed by atoms with E-state index in [9.17, 15) is 13.6 Å². The van der Waals surface area contributed by atoms with E-state index in [0.717, 1.165) is 30.2 Å². The number of anilines is 1. The Balaban J connectivity index is 0.000000398. The maximum absolute atomic E-state index is 14.0. The average molecular weight is 556 g/mol. The van der Waals surface area contributed by atoms with Crippen molar-refractivity contribution in [3.05, 3.63) is 46.9 Å². The number of nitrogens with two attached hydrogens (primary N) is 1. The summed E-state index contributed by atoms with van der Waals surface area (Å²) in [5, 5.41) is 15.6. The Labute approximate surface area is 236 Å². The van der Waals surface area contributed by atoms with Crippen molar-refractivity contribution in [1.29, 1.82) is 5.41 Å². The molecule has 1 saturated carbocycles. The highest BCUT2D eigenvalue weighted by molar-refractivity contribution is 6.09. The van der Waals surface area contributed by atoms with Crippen molar-refractivity contribution in [3.63, 3.8) is 0 Å². The molecule has 0 spiro atoms. The van der Waals surface area contributed by atoms with E-state index in [1.165, 1.54) is 31.7 Å². The molecule has 4 N–H and O–H groups in total. The van der Waals surface area contributed by atoms with Crippen molar-refractivity contribution in [2.45, 2.75) is 65.2 Å². The molecule has 1 aromatic carbocycles. The lowest BCUT2D eigenvalue weighted by Crippen LogP contribution is -2.47. The Bertz CT molecular complexity index is 1240. The minimum atomic E-state index is -2.67. The molecule has 218 valence electrons. The van der Waals surface area contributed by atoms with Gasteiger partial charge in [0, 0.05) is 67.9 Å². The number of alkyl halides is 2. The van der Waals surface area contributed by atoms with Crippen LogP contribution in [0.4, 0.5) is 19.3 Å².